The average Bonchev–Trinajstić information content (AvgIpc) is 3.12. The lowest BCUT2D eigenvalue weighted by molar-refractivity contribution is -0.138. The van der Waals surface area contributed by atoms with Crippen LogP contribution in [0.3, 0.4) is 0 Å². The Kier molecular flexibility index (Phi) is 4.38. The van der Waals surface area contributed by atoms with Crippen LogP contribution < -0.4 is 0 Å². The highest BCUT2D eigenvalue weighted by Crippen LogP contribution is 2.37. The predicted molar refractivity (Wildman–Crippen MR) is 76.1 cm³/mol. The molecular weight excluding hydrogens is 280 g/mol. The number of aromatic nitrogens is 1. The Balaban J connectivity index is 2.21. The minimum absolute atomic E-state index is 0.0581. The van der Waals surface area contributed by atoms with Crippen LogP contribution in [-0.4, -0.2) is 39.0 Å². The fourth-order valence-corrected chi connectivity index (χ4v) is 2.65. The Labute approximate surface area is 123 Å². The molecular formula is C14H19ClN2O3. The molecule has 1 aromatic heterocycles. The monoisotopic (exact) mass is 298 g/mol. The van der Waals surface area contributed by atoms with Crippen LogP contribution in [0.4, 0.5) is 0 Å². The Morgan fingerprint density at radius 2 is 2.20 bits per heavy atom. The Morgan fingerprint density at radius 3 is 2.70 bits per heavy atom. The van der Waals surface area contributed by atoms with Crippen LogP contribution in [0.25, 0.3) is 0 Å². The van der Waals surface area contributed by atoms with Gasteiger partial charge in [0.15, 0.2) is 0 Å². The first-order valence-corrected chi connectivity index (χ1v) is 7.22. The summed E-state index contributed by atoms with van der Waals surface area (Å²) >= 11 is 6.01. The van der Waals surface area contributed by atoms with E-state index in [9.17, 15) is 9.59 Å². The van der Waals surface area contributed by atoms with Crippen molar-refractivity contribution in [2.45, 2.75) is 45.2 Å². The molecule has 1 aliphatic rings. The van der Waals surface area contributed by atoms with E-state index in [0.29, 0.717) is 23.3 Å². The van der Waals surface area contributed by atoms with Crippen molar-refractivity contribution in [2.24, 2.45) is 0 Å². The molecule has 6 heteroatoms. The smallest absolute Gasteiger partial charge is 0.305 e. The third-order valence-electron chi connectivity index (χ3n) is 3.58. The molecule has 0 bridgehead atoms. The Hall–Kier alpha value is -1.49. The maximum Gasteiger partial charge on any atom is 0.305 e. The number of carbonyl (C=O) groups excluding carboxylic acids is 1. The highest BCUT2D eigenvalue weighted by Gasteiger charge is 2.30. The minimum atomic E-state index is -0.903. The lowest BCUT2D eigenvalue weighted by atomic mass is 10.2. The van der Waals surface area contributed by atoms with Crippen LogP contribution in [0, 0.1) is 0 Å². The average molecular weight is 299 g/mol. The van der Waals surface area contributed by atoms with Gasteiger partial charge in [-0.1, -0.05) is 11.6 Å². The van der Waals surface area contributed by atoms with Crippen molar-refractivity contribution in [3.05, 3.63) is 23.0 Å². The molecule has 0 spiro atoms. The zero-order valence-corrected chi connectivity index (χ0v) is 12.4. The molecule has 1 saturated carbocycles. The van der Waals surface area contributed by atoms with Crippen molar-refractivity contribution in [1.29, 1.82) is 0 Å². The van der Waals surface area contributed by atoms with Crippen molar-refractivity contribution in [3.8, 4) is 0 Å². The van der Waals surface area contributed by atoms with Crippen LogP contribution in [0.5, 0.6) is 0 Å². The fourth-order valence-electron chi connectivity index (χ4n) is 2.44. The number of halogens is 1. The van der Waals surface area contributed by atoms with E-state index < -0.39 is 5.97 Å². The number of rotatable bonds is 6. The van der Waals surface area contributed by atoms with Gasteiger partial charge < -0.3 is 14.6 Å². The number of hydrogen-bond acceptors (Lipinski definition) is 2. The van der Waals surface area contributed by atoms with Gasteiger partial charge in [-0.15, -0.1) is 0 Å². The van der Waals surface area contributed by atoms with E-state index in [2.05, 4.69) is 0 Å². The normalized spacial score (nSPS) is 15.9. The van der Waals surface area contributed by atoms with Gasteiger partial charge in [0, 0.05) is 24.8 Å². The third kappa shape index (κ3) is 3.15. The van der Waals surface area contributed by atoms with Crippen molar-refractivity contribution in [1.82, 2.24) is 9.47 Å². The molecule has 1 unspecified atom stereocenters. The number of carbonyl (C=O) groups is 2. The van der Waals surface area contributed by atoms with Crippen LogP contribution in [-0.2, 0) is 4.79 Å². The standard InChI is InChI=1S/C14H19ClN2O3/c1-3-16(9(2)6-13(18)19)14(20)12-7-10(15)8-17(12)11-4-5-11/h7-9,11H,3-6H2,1-2H3,(H,18,19). The second-order valence-corrected chi connectivity index (χ2v) is 5.66. The molecule has 1 aliphatic carbocycles. The second-order valence-electron chi connectivity index (χ2n) is 5.22. The van der Waals surface area contributed by atoms with E-state index >= 15 is 0 Å². The molecule has 1 amide bonds. The highest BCUT2D eigenvalue weighted by molar-refractivity contribution is 6.31. The van der Waals surface area contributed by atoms with Crippen molar-refractivity contribution in [2.75, 3.05) is 6.54 Å². The summed E-state index contributed by atoms with van der Waals surface area (Å²) in [4.78, 5) is 25.0. The first-order chi connectivity index (χ1) is 9.43. The number of nitrogens with zero attached hydrogens (tertiary/aromatic N) is 2. The minimum Gasteiger partial charge on any atom is -0.481 e. The summed E-state index contributed by atoms with van der Waals surface area (Å²) in [5.41, 5.74) is 0.552. The molecule has 0 aromatic carbocycles. The van der Waals surface area contributed by atoms with E-state index in [0.717, 1.165) is 12.8 Å². The largest absolute Gasteiger partial charge is 0.481 e. The molecule has 0 saturated heterocycles. The number of hydrogen-bond donors (Lipinski definition) is 1. The second kappa shape index (κ2) is 5.87. The summed E-state index contributed by atoms with van der Waals surface area (Å²) in [6.45, 7) is 4.07. The van der Waals surface area contributed by atoms with E-state index in [1.54, 1.807) is 24.1 Å². The Morgan fingerprint density at radius 1 is 1.55 bits per heavy atom. The van der Waals surface area contributed by atoms with Crippen molar-refractivity contribution in [3.63, 3.8) is 0 Å². The zero-order chi connectivity index (χ0) is 14.9. The summed E-state index contributed by atoms with van der Waals surface area (Å²) in [7, 11) is 0. The summed E-state index contributed by atoms with van der Waals surface area (Å²) in [6, 6.07) is 1.68. The summed E-state index contributed by atoms with van der Waals surface area (Å²) in [5, 5.41) is 9.42. The first kappa shape index (κ1) is 14.9. The van der Waals surface area contributed by atoms with E-state index in [4.69, 9.17) is 16.7 Å². The summed E-state index contributed by atoms with van der Waals surface area (Å²) in [6.07, 6.45) is 3.84. The van der Waals surface area contributed by atoms with E-state index in [-0.39, 0.29) is 18.4 Å². The fraction of sp³-hybridized carbons (Fsp3) is 0.571. The van der Waals surface area contributed by atoms with Gasteiger partial charge in [-0.25, -0.2) is 0 Å². The molecule has 1 atom stereocenters. The van der Waals surface area contributed by atoms with Crippen LogP contribution in [0.2, 0.25) is 5.02 Å². The van der Waals surface area contributed by atoms with Crippen molar-refractivity contribution >= 4 is 23.5 Å². The number of carboxylic acid groups (broad SMARTS) is 1. The van der Waals surface area contributed by atoms with Gasteiger partial charge in [0.25, 0.3) is 5.91 Å². The van der Waals surface area contributed by atoms with Gasteiger partial charge in [-0.2, -0.15) is 0 Å². The molecule has 2 rings (SSSR count). The van der Waals surface area contributed by atoms with Crippen LogP contribution in [0.15, 0.2) is 12.3 Å². The van der Waals surface area contributed by atoms with Gasteiger partial charge in [0.05, 0.1) is 11.4 Å². The zero-order valence-electron chi connectivity index (χ0n) is 11.7. The topological polar surface area (TPSA) is 62.5 Å². The summed E-state index contributed by atoms with van der Waals surface area (Å²) in [5.74, 6) is -1.06. The summed E-state index contributed by atoms with van der Waals surface area (Å²) < 4.78 is 1.92. The van der Waals surface area contributed by atoms with E-state index in [1.165, 1.54) is 0 Å². The van der Waals surface area contributed by atoms with Crippen LogP contribution in [0.1, 0.15) is 49.6 Å². The molecule has 1 fully saturated rings. The number of amides is 1. The Bertz CT molecular complexity index is 522. The third-order valence-corrected chi connectivity index (χ3v) is 3.78. The molecule has 1 heterocycles. The molecule has 0 radical (unpaired) electrons. The quantitative estimate of drug-likeness (QED) is 0.878. The van der Waals surface area contributed by atoms with Gasteiger partial charge >= 0.3 is 5.97 Å². The predicted octanol–water partition coefficient (Wildman–Crippen LogP) is 2.80. The van der Waals surface area contributed by atoms with Gasteiger partial charge in [-0.3, -0.25) is 9.59 Å². The number of carboxylic acids is 1. The molecule has 1 N–H and O–H groups in total. The maximum absolute atomic E-state index is 12.6. The molecule has 110 valence electrons. The van der Waals surface area contributed by atoms with Crippen molar-refractivity contribution < 1.29 is 14.7 Å². The lowest BCUT2D eigenvalue weighted by Gasteiger charge is -2.27. The SMILES string of the molecule is CCN(C(=O)c1cc(Cl)cn1C1CC1)C(C)CC(=O)O. The van der Waals surface area contributed by atoms with E-state index in [1.807, 2.05) is 11.5 Å². The van der Waals surface area contributed by atoms with Crippen LogP contribution >= 0.6 is 11.6 Å². The van der Waals surface area contributed by atoms with Gasteiger partial charge in [-0.05, 0) is 32.8 Å². The highest BCUT2D eigenvalue weighted by atomic mass is 35.5. The molecule has 5 nitrogen and oxygen atoms in total. The maximum atomic E-state index is 12.6. The van der Waals surface area contributed by atoms with Gasteiger partial charge in [0.1, 0.15) is 5.69 Å². The molecule has 0 aliphatic heterocycles. The van der Waals surface area contributed by atoms with Gasteiger partial charge in [0.2, 0.25) is 0 Å². The molecule has 1 aromatic rings. The number of aliphatic carboxylic acids is 1. The first-order valence-electron chi connectivity index (χ1n) is 6.84. The lowest BCUT2D eigenvalue weighted by Crippen LogP contribution is -2.40. The molecule has 20 heavy (non-hydrogen) atoms.